The maximum atomic E-state index is 13.5. The van der Waals surface area contributed by atoms with Gasteiger partial charge in [-0.05, 0) is 24.3 Å². The molecule has 1 aliphatic rings. The minimum Gasteiger partial charge on any atom is -0.493 e. The molecule has 0 atom stereocenters. The number of methoxy groups -OCH3 is 3. The third kappa shape index (κ3) is 4.11. The topological polar surface area (TPSA) is 84.0 Å². The zero-order valence-electron chi connectivity index (χ0n) is 17.5. The van der Waals surface area contributed by atoms with Gasteiger partial charge in [0.15, 0.2) is 23.0 Å². The first-order chi connectivity index (χ1) is 15.7. The first kappa shape index (κ1) is 22.2. The van der Waals surface area contributed by atoms with Crippen molar-refractivity contribution in [3.8, 4) is 40.0 Å². The van der Waals surface area contributed by atoms with Gasteiger partial charge in [-0.1, -0.05) is 0 Å². The molecule has 33 heavy (non-hydrogen) atoms. The first-order valence-corrected chi connectivity index (χ1v) is 9.34. The monoisotopic (exact) mass is 467 g/mol. The summed E-state index contributed by atoms with van der Waals surface area (Å²) in [4.78, 5) is 8.57. The molecular formula is C21H17F4N3O5. The van der Waals surface area contributed by atoms with Crippen molar-refractivity contribution < 1.29 is 41.2 Å². The normalized spacial score (nSPS) is 15.5. The van der Waals surface area contributed by atoms with Crippen LogP contribution in [0.4, 0.5) is 29.1 Å². The minimum absolute atomic E-state index is 0.231. The molecule has 3 aromatic rings. The maximum absolute atomic E-state index is 13.5. The highest BCUT2D eigenvalue weighted by Crippen LogP contribution is 2.47. The number of benzene rings is 2. The van der Waals surface area contributed by atoms with Crippen molar-refractivity contribution in [2.24, 2.45) is 0 Å². The van der Waals surface area contributed by atoms with E-state index in [9.17, 15) is 17.6 Å². The lowest BCUT2D eigenvalue weighted by Gasteiger charge is -2.31. The molecule has 0 amide bonds. The summed E-state index contributed by atoms with van der Waals surface area (Å²) in [5.74, 6) is 0.409. The molecule has 2 heterocycles. The van der Waals surface area contributed by atoms with Crippen molar-refractivity contribution in [3.63, 3.8) is 0 Å². The van der Waals surface area contributed by atoms with E-state index in [0.29, 0.717) is 28.5 Å². The van der Waals surface area contributed by atoms with E-state index in [1.165, 1.54) is 39.8 Å². The van der Waals surface area contributed by atoms with Gasteiger partial charge in [-0.15, -0.1) is 0 Å². The number of alkyl halides is 4. The summed E-state index contributed by atoms with van der Waals surface area (Å²) in [6, 6.07) is 6.88. The molecule has 0 spiro atoms. The second-order valence-corrected chi connectivity index (χ2v) is 6.73. The zero-order chi connectivity index (χ0) is 23.8. The molecule has 174 valence electrons. The Morgan fingerprint density at radius 1 is 0.818 bits per heavy atom. The molecule has 0 saturated carbocycles. The summed E-state index contributed by atoms with van der Waals surface area (Å²) in [6.07, 6.45) is -6.71. The van der Waals surface area contributed by atoms with Crippen LogP contribution in [0, 0.1) is 0 Å². The van der Waals surface area contributed by atoms with Gasteiger partial charge < -0.3 is 29.0 Å². The van der Waals surface area contributed by atoms with Crippen LogP contribution in [0.2, 0.25) is 0 Å². The lowest BCUT2D eigenvalue weighted by atomic mass is 10.1. The molecule has 0 aliphatic carbocycles. The Hall–Kier alpha value is -3.96. The summed E-state index contributed by atoms with van der Waals surface area (Å²) in [6.45, 7) is 0. The molecule has 12 heteroatoms. The number of nitrogens with one attached hydrogen (secondary N) is 1. The van der Waals surface area contributed by atoms with E-state index < -0.39 is 23.7 Å². The lowest BCUT2D eigenvalue weighted by molar-refractivity contribution is -0.391. The predicted molar refractivity (Wildman–Crippen MR) is 108 cm³/mol. The van der Waals surface area contributed by atoms with Gasteiger partial charge in [0.2, 0.25) is 5.75 Å². The third-order valence-electron chi connectivity index (χ3n) is 4.63. The van der Waals surface area contributed by atoms with Gasteiger partial charge in [0, 0.05) is 17.3 Å². The predicted octanol–water partition coefficient (Wildman–Crippen LogP) is 4.87. The van der Waals surface area contributed by atoms with Crippen LogP contribution in [0.15, 0.2) is 42.7 Å². The Labute approximate surface area is 185 Å². The summed E-state index contributed by atoms with van der Waals surface area (Å²) in [5.41, 5.74) is 1.27. The van der Waals surface area contributed by atoms with Crippen molar-refractivity contribution >= 4 is 11.5 Å². The van der Waals surface area contributed by atoms with Gasteiger partial charge in [0.1, 0.15) is 5.82 Å². The van der Waals surface area contributed by atoms with E-state index in [1.807, 2.05) is 0 Å². The summed E-state index contributed by atoms with van der Waals surface area (Å²) >= 11 is 0. The minimum atomic E-state index is -4.81. The van der Waals surface area contributed by atoms with Crippen molar-refractivity contribution in [2.75, 3.05) is 26.6 Å². The average molecular weight is 467 g/mol. The van der Waals surface area contributed by atoms with E-state index in [4.69, 9.17) is 14.2 Å². The Morgan fingerprint density at radius 3 is 2.06 bits per heavy atom. The second kappa shape index (κ2) is 8.19. The fraction of sp³-hybridized carbons (Fsp3) is 0.238. The molecule has 0 fully saturated rings. The Bertz CT molecular complexity index is 1170. The molecule has 2 aromatic carbocycles. The van der Waals surface area contributed by atoms with Crippen molar-refractivity contribution in [1.29, 1.82) is 0 Å². The Balaban J connectivity index is 1.63. The number of nitrogens with zero attached hydrogens (tertiary/aromatic N) is 2. The van der Waals surface area contributed by atoms with E-state index in [1.54, 1.807) is 12.1 Å². The van der Waals surface area contributed by atoms with Gasteiger partial charge in [0.05, 0.1) is 39.4 Å². The SMILES string of the molecule is COc1cc(-c2cncc(Nc3ccc4c(c3)OC(F)(F)C(F)(F)O4)n2)cc(OC)c1OC. The number of halogens is 4. The standard InChI is InChI=1S/C21H17F4N3O5/c1-29-16-6-11(7-17(30-2)19(16)31-3)13-9-26-10-18(28-13)27-12-4-5-14-15(8-12)33-21(24,25)20(22,23)32-14/h4-10H,1-3H3,(H,27,28). The number of rotatable bonds is 6. The summed E-state index contributed by atoms with van der Waals surface area (Å²) in [7, 11) is 4.44. The van der Waals surface area contributed by atoms with Crippen LogP contribution in [0.25, 0.3) is 11.3 Å². The first-order valence-electron chi connectivity index (χ1n) is 9.34. The van der Waals surface area contributed by atoms with Crippen molar-refractivity contribution in [2.45, 2.75) is 12.2 Å². The van der Waals surface area contributed by atoms with Crippen molar-refractivity contribution in [3.05, 3.63) is 42.7 Å². The van der Waals surface area contributed by atoms with Crippen LogP contribution in [0.1, 0.15) is 0 Å². The van der Waals surface area contributed by atoms with Gasteiger partial charge in [-0.2, -0.15) is 17.6 Å². The zero-order valence-corrected chi connectivity index (χ0v) is 17.5. The summed E-state index contributed by atoms with van der Waals surface area (Å²) in [5, 5.41) is 2.86. The largest absolute Gasteiger partial charge is 0.507 e. The summed E-state index contributed by atoms with van der Waals surface area (Å²) < 4.78 is 77.8. The highest BCUT2D eigenvalue weighted by atomic mass is 19.3. The molecule has 0 radical (unpaired) electrons. The number of ether oxygens (including phenoxy) is 5. The molecule has 4 rings (SSSR count). The number of fused-ring (bicyclic) bond motifs is 1. The molecule has 0 bridgehead atoms. The fourth-order valence-electron chi connectivity index (χ4n) is 3.09. The van der Waals surface area contributed by atoms with Crippen LogP contribution < -0.4 is 29.0 Å². The molecule has 1 N–H and O–H groups in total. The highest BCUT2D eigenvalue weighted by Gasteiger charge is 2.65. The van der Waals surface area contributed by atoms with Gasteiger partial charge in [-0.25, -0.2) is 4.98 Å². The quantitative estimate of drug-likeness (QED) is 0.514. The smallest absolute Gasteiger partial charge is 0.493 e. The number of hydrogen-bond donors (Lipinski definition) is 1. The van der Waals surface area contributed by atoms with E-state index in [2.05, 4.69) is 24.8 Å². The van der Waals surface area contributed by atoms with E-state index in [-0.39, 0.29) is 11.5 Å². The van der Waals surface area contributed by atoms with Crippen molar-refractivity contribution in [1.82, 2.24) is 9.97 Å². The van der Waals surface area contributed by atoms with Gasteiger partial charge in [-0.3, -0.25) is 4.98 Å². The molecule has 8 nitrogen and oxygen atoms in total. The molecular weight excluding hydrogens is 450 g/mol. The molecule has 1 aromatic heterocycles. The van der Waals surface area contributed by atoms with Gasteiger partial charge in [0.25, 0.3) is 0 Å². The number of anilines is 2. The maximum Gasteiger partial charge on any atom is 0.507 e. The Morgan fingerprint density at radius 2 is 1.45 bits per heavy atom. The second-order valence-electron chi connectivity index (χ2n) is 6.73. The fourth-order valence-corrected chi connectivity index (χ4v) is 3.09. The molecule has 0 saturated heterocycles. The number of hydrogen-bond acceptors (Lipinski definition) is 8. The van der Waals surface area contributed by atoms with Crippen LogP contribution >= 0.6 is 0 Å². The van der Waals surface area contributed by atoms with Crippen LogP contribution in [0.5, 0.6) is 28.7 Å². The van der Waals surface area contributed by atoms with Crippen LogP contribution in [0.3, 0.4) is 0 Å². The Kier molecular flexibility index (Phi) is 5.52. The van der Waals surface area contributed by atoms with E-state index >= 15 is 0 Å². The van der Waals surface area contributed by atoms with Crippen LogP contribution in [-0.4, -0.2) is 43.5 Å². The van der Waals surface area contributed by atoms with Crippen LogP contribution in [-0.2, 0) is 0 Å². The van der Waals surface area contributed by atoms with E-state index in [0.717, 1.165) is 12.1 Å². The molecule has 0 unspecified atom stereocenters. The highest BCUT2D eigenvalue weighted by molar-refractivity contribution is 5.70. The number of aromatic nitrogens is 2. The van der Waals surface area contributed by atoms with Gasteiger partial charge >= 0.3 is 12.2 Å². The third-order valence-corrected chi connectivity index (χ3v) is 4.63. The lowest BCUT2D eigenvalue weighted by Crippen LogP contribution is -2.52. The average Bonchev–Trinajstić information content (AvgIpc) is 2.78. The molecule has 1 aliphatic heterocycles.